The van der Waals surface area contributed by atoms with Crippen molar-refractivity contribution in [2.24, 2.45) is 11.8 Å². The minimum absolute atomic E-state index is 0.0332. The number of carbonyl (C=O) groups excluding carboxylic acids is 2. The highest BCUT2D eigenvalue weighted by Crippen LogP contribution is 2.25. The first-order valence-electron chi connectivity index (χ1n) is 10.3. The van der Waals surface area contributed by atoms with Crippen LogP contribution in [-0.2, 0) is 10.0 Å². The molecule has 1 saturated heterocycles. The molecular formula is C23H29N3O4S. The zero-order valence-electron chi connectivity index (χ0n) is 18.3. The molecule has 1 aliphatic rings. The van der Waals surface area contributed by atoms with E-state index in [-0.39, 0.29) is 16.4 Å². The molecule has 2 atom stereocenters. The molecule has 2 aromatic rings. The van der Waals surface area contributed by atoms with Gasteiger partial charge in [-0.25, -0.2) is 12.7 Å². The first-order chi connectivity index (χ1) is 14.6. The van der Waals surface area contributed by atoms with Gasteiger partial charge in [0.1, 0.15) is 0 Å². The average molecular weight is 444 g/mol. The number of anilines is 1. The third-order valence-corrected chi connectivity index (χ3v) is 7.25. The Kier molecular flexibility index (Phi) is 6.81. The molecule has 0 aliphatic carbocycles. The van der Waals surface area contributed by atoms with Crippen LogP contribution in [0.3, 0.4) is 0 Å². The van der Waals surface area contributed by atoms with Gasteiger partial charge in [0.25, 0.3) is 11.8 Å². The predicted octanol–water partition coefficient (Wildman–Crippen LogP) is 3.31. The molecule has 0 aromatic heterocycles. The molecule has 0 radical (unpaired) electrons. The van der Waals surface area contributed by atoms with Crippen LogP contribution in [-0.4, -0.2) is 56.6 Å². The van der Waals surface area contributed by atoms with Crippen LogP contribution >= 0.6 is 0 Å². The summed E-state index contributed by atoms with van der Waals surface area (Å²) in [6, 6.07) is 12.8. The van der Waals surface area contributed by atoms with Gasteiger partial charge in [-0.3, -0.25) is 9.59 Å². The van der Waals surface area contributed by atoms with Gasteiger partial charge in [0.05, 0.1) is 16.1 Å². The fourth-order valence-corrected chi connectivity index (χ4v) is 4.93. The topological polar surface area (TPSA) is 86.8 Å². The standard InChI is InChI=1S/C23H29N3O4S/c1-16-12-17(2)15-26(14-16)23(28)20-10-5-6-11-21(20)24-22(27)18-8-7-9-19(13-18)31(29,30)25(3)4/h5-11,13,16-17H,12,14-15H2,1-4H3,(H,24,27). The number of benzene rings is 2. The first kappa shape index (κ1) is 23.0. The molecule has 1 N–H and O–H groups in total. The molecule has 3 rings (SSSR count). The number of amides is 2. The number of rotatable bonds is 5. The maximum atomic E-state index is 13.2. The fraction of sp³-hybridized carbons (Fsp3) is 0.391. The van der Waals surface area contributed by atoms with E-state index in [0.29, 0.717) is 36.2 Å². The molecule has 1 heterocycles. The molecule has 2 aromatic carbocycles. The molecule has 1 fully saturated rings. The second-order valence-corrected chi connectivity index (χ2v) is 10.6. The minimum atomic E-state index is -3.66. The molecule has 0 bridgehead atoms. The lowest BCUT2D eigenvalue weighted by molar-refractivity contribution is 0.0624. The maximum Gasteiger partial charge on any atom is 0.255 e. The molecule has 2 unspecified atom stereocenters. The zero-order chi connectivity index (χ0) is 22.8. The number of likely N-dealkylation sites (tertiary alicyclic amines) is 1. The van der Waals surface area contributed by atoms with Gasteiger partial charge in [0.15, 0.2) is 0 Å². The summed E-state index contributed by atoms with van der Waals surface area (Å²) in [5.74, 6) is 0.265. The van der Waals surface area contributed by atoms with Gasteiger partial charge in [0, 0.05) is 32.7 Å². The van der Waals surface area contributed by atoms with E-state index in [4.69, 9.17) is 0 Å². The lowest BCUT2D eigenvalue weighted by atomic mass is 9.91. The number of sulfonamides is 1. The third kappa shape index (κ3) is 5.14. The van der Waals surface area contributed by atoms with Crippen molar-refractivity contribution in [3.63, 3.8) is 0 Å². The number of hydrogen-bond donors (Lipinski definition) is 1. The number of piperidine rings is 1. The molecule has 0 spiro atoms. The Morgan fingerprint density at radius 3 is 2.29 bits per heavy atom. The largest absolute Gasteiger partial charge is 0.338 e. The highest BCUT2D eigenvalue weighted by molar-refractivity contribution is 7.89. The number of carbonyl (C=O) groups is 2. The molecular weight excluding hydrogens is 414 g/mol. The van der Waals surface area contributed by atoms with Gasteiger partial charge < -0.3 is 10.2 Å². The van der Waals surface area contributed by atoms with Crippen LogP contribution in [0.5, 0.6) is 0 Å². The van der Waals surface area contributed by atoms with Crippen molar-refractivity contribution in [2.45, 2.75) is 25.2 Å². The quantitative estimate of drug-likeness (QED) is 0.768. The van der Waals surface area contributed by atoms with Crippen molar-refractivity contribution in [3.05, 3.63) is 59.7 Å². The Morgan fingerprint density at radius 1 is 1.00 bits per heavy atom. The molecule has 7 nitrogen and oxygen atoms in total. The van der Waals surface area contributed by atoms with E-state index in [2.05, 4.69) is 19.2 Å². The van der Waals surface area contributed by atoms with Crippen LogP contribution < -0.4 is 5.32 Å². The van der Waals surface area contributed by atoms with E-state index < -0.39 is 15.9 Å². The van der Waals surface area contributed by atoms with Gasteiger partial charge in [-0.1, -0.05) is 32.0 Å². The van der Waals surface area contributed by atoms with Crippen molar-refractivity contribution in [1.82, 2.24) is 9.21 Å². The van der Waals surface area contributed by atoms with E-state index in [1.165, 1.54) is 32.3 Å². The van der Waals surface area contributed by atoms with Gasteiger partial charge in [0.2, 0.25) is 10.0 Å². The summed E-state index contributed by atoms with van der Waals surface area (Å²) in [7, 11) is -0.786. The van der Waals surface area contributed by atoms with Crippen molar-refractivity contribution >= 4 is 27.5 Å². The average Bonchev–Trinajstić information content (AvgIpc) is 2.73. The maximum absolute atomic E-state index is 13.2. The van der Waals surface area contributed by atoms with E-state index in [9.17, 15) is 18.0 Å². The van der Waals surface area contributed by atoms with E-state index >= 15 is 0 Å². The fourth-order valence-electron chi connectivity index (χ4n) is 3.98. The highest BCUT2D eigenvalue weighted by Gasteiger charge is 2.27. The van der Waals surface area contributed by atoms with Crippen LogP contribution in [0.4, 0.5) is 5.69 Å². The summed E-state index contributed by atoms with van der Waals surface area (Å²) >= 11 is 0. The summed E-state index contributed by atoms with van der Waals surface area (Å²) in [4.78, 5) is 27.9. The van der Waals surface area contributed by atoms with Gasteiger partial charge in [-0.15, -0.1) is 0 Å². The summed E-state index contributed by atoms with van der Waals surface area (Å²) in [5.41, 5.74) is 1.03. The Bertz CT molecular complexity index is 1070. The first-order valence-corrected chi connectivity index (χ1v) is 11.8. The van der Waals surface area contributed by atoms with Gasteiger partial charge in [-0.05, 0) is 48.6 Å². The molecule has 166 valence electrons. The normalized spacial score (nSPS) is 19.3. The Labute approximate surface area is 184 Å². The SMILES string of the molecule is CC1CC(C)CN(C(=O)c2ccccc2NC(=O)c2cccc(S(=O)(=O)N(C)C)c2)C1. The predicted molar refractivity (Wildman–Crippen MR) is 121 cm³/mol. The minimum Gasteiger partial charge on any atom is -0.338 e. The zero-order valence-corrected chi connectivity index (χ0v) is 19.1. The van der Waals surface area contributed by atoms with Crippen LogP contribution in [0.2, 0.25) is 0 Å². The van der Waals surface area contributed by atoms with Crippen LogP contribution in [0, 0.1) is 11.8 Å². The van der Waals surface area contributed by atoms with Crippen LogP contribution in [0.1, 0.15) is 41.0 Å². The lowest BCUT2D eigenvalue weighted by Crippen LogP contribution is -2.42. The smallest absolute Gasteiger partial charge is 0.255 e. The second kappa shape index (κ2) is 9.20. The number of nitrogens with one attached hydrogen (secondary N) is 1. The number of hydrogen-bond acceptors (Lipinski definition) is 4. The van der Waals surface area contributed by atoms with Crippen molar-refractivity contribution in [1.29, 1.82) is 0 Å². The van der Waals surface area contributed by atoms with Crippen molar-refractivity contribution in [2.75, 3.05) is 32.5 Å². The van der Waals surface area contributed by atoms with Crippen molar-refractivity contribution < 1.29 is 18.0 Å². The highest BCUT2D eigenvalue weighted by atomic mass is 32.2. The molecule has 0 saturated carbocycles. The summed E-state index contributed by atoms with van der Waals surface area (Å²) in [6.45, 7) is 5.66. The molecule has 8 heteroatoms. The van der Waals surface area contributed by atoms with Gasteiger partial charge in [-0.2, -0.15) is 0 Å². The monoisotopic (exact) mass is 443 g/mol. The lowest BCUT2D eigenvalue weighted by Gasteiger charge is -2.35. The van der Waals surface area contributed by atoms with E-state index in [1.54, 1.807) is 30.3 Å². The molecule has 31 heavy (non-hydrogen) atoms. The van der Waals surface area contributed by atoms with E-state index in [0.717, 1.165) is 10.7 Å². The van der Waals surface area contributed by atoms with Gasteiger partial charge >= 0.3 is 0 Å². The Morgan fingerprint density at radius 2 is 1.65 bits per heavy atom. The summed E-state index contributed by atoms with van der Waals surface area (Å²) < 4.78 is 25.9. The summed E-state index contributed by atoms with van der Waals surface area (Å²) in [6.07, 6.45) is 1.09. The van der Waals surface area contributed by atoms with E-state index in [1.807, 2.05) is 4.90 Å². The van der Waals surface area contributed by atoms with Crippen LogP contribution in [0.25, 0.3) is 0 Å². The summed E-state index contributed by atoms with van der Waals surface area (Å²) in [5, 5.41) is 2.78. The third-order valence-electron chi connectivity index (χ3n) is 5.44. The number of nitrogens with zero attached hydrogens (tertiary/aromatic N) is 2. The molecule has 1 aliphatic heterocycles. The molecule has 2 amide bonds. The van der Waals surface area contributed by atoms with Crippen molar-refractivity contribution in [3.8, 4) is 0 Å². The Balaban J connectivity index is 1.85. The Hall–Kier alpha value is -2.71. The second-order valence-electron chi connectivity index (χ2n) is 8.47. The van der Waals surface area contributed by atoms with Crippen LogP contribution in [0.15, 0.2) is 53.4 Å². The number of para-hydroxylation sites is 1.